The van der Waals surface area contributed by atoms with E-state index in [-0.39, 0.29) is 0 Å². The van der Waals surface area contributed by atoms with Gasteiger partial charge in [-0.1, -0.05) is 30.3 Å². The molecule has 2 rings (SSSR count). The largest absolute Gasteiger partial charge is 0.496 e. The Hall–Kier alpha value is -2.07. The van der Waals surface area contributed by atoms with E-state index < -0.39 is 12.0 Å². The fourth-order valence-corrected chi connectivity index (χ4v) is 1.88. The number of methoxy groups -OCH3 is 1. The molecular weight excluding hydrogens is 218 g/mol. The molecule has 0 aromatic heterocycles. The van der Waals surface area contributed by atoms with E-state index in [2.05, 4.69) is 0 Å². The average Bonchev–Trinajstić information content (AvgIpc) is 2.36. The Labute approximate surface area is 98.6 Å². The van der Waals surface area contributed by atoms with E-state index in [1.807, 2.05) is 30.3 Å². The van der Waals surface area contributed by atoms with Crippen molar-refractivity contribution in [1.82, 2.24) is 0 Å². The normalized spacial score (nSPS) is 12.4. The molecule has 4 nitrogen and oxygen atoms in total. The zero-order valence-corrected chi connectivity index (χ0v) is 9.38. The maximum absolute atomic E-state index is 11.1. The van der Waals surface area contributed by atoms with Crippen LogP contribution in [0.2, 0.25) is 0 Å². The van der Waals surface area contributed by atoms with Gasteiger partial charge in [0.1, 0.15) is 5.75 Å². The van der Waals surface area contributed by atoms with Gasteiger partial charge in [-0.05, 0) is 16.8 Å². The quantitative estimate of drug-likeness (QED) is 0.837. The van der Waals surface area contributed by atoms with Crippen molar-refractivity contribution >= 4 is 16.7 Å². The number of hydrogen-bond donors (Lipinski definition) is 2. The van der Waals surface area contributed by atoms with Crippen LogP contribution in [0.3, 0.4) is 0 Å². The van der Waals surface area contributed by atoms with Gasteiger partial charge in [-0.3, -0.25) is 4.79 Å². The molecule has 0 aliphatic rings. The van der Waals surface area contributed by atoms with Gasteiger partial charge in [0.2, 0.25) is 0 Å². The number of hydrogen-bond acceptors (Lipinski definition) is 3. The molecule has 0 heterocycles. The number of amides is 1. The van der Waals surface area contributed by atoms with Crippen LogP contribution in [-0.4, -0.2) is 18.1 Å². The molecule has 0 spiro atoms. The Morgan fingerprint density at radius 2 is 2.00 bits per heavy atom. The summed E-state index contributed by atoms with van der Waals surface area (Å²) in [7, 11) is 1.49. The molecule has 88 valence electrons. The summed E-state index contributed by atoms with van der Waals surface area (Å²) in [5, 5.41) is 11.5. The molecule has 0 radical (unpaired) electrons. The fourth-order valence-electron chi connectivity index (χ4n) is 1.88. The van der Waals surface area contributed by atoms with Crippen molar-refractivity contribution in [1.29, 1.82) is 0 Å². The highest BCUT2D eigenvalue weighted by Crippen LogP contribution is 2.32. The molecule has 0 fully saturated rings. The Morgan fingerprint density at radius 3 is 2.65 bits per heavy atom. The number of carbonyl (C=O) groups excluding carboxylic acids is 1. The van der Waals surface area contributed by atoms with Crippen LogP contribution in [0.1, 0.15) is 11.7 Å². The number of primary amides is 1. The molecule has 1 unspecified atom stereocenters. The molecule has 17 heavy (non-hydrogen) atoms. The molecule has 4 heteroatoms. The maximum Gasteiger partial charge on any atom is 0.251 e. The van der Waals surface area contributed by atoms with Crippen molar-refractivity contribution in [3.05, 3.63) is 42.0 Å². The number of aliphatic hydroxyl groups excluding tert-OH is 1. The van der Waals surface area contributed by atoms with E-state index in [4.69, 9.17) is 10.5 Å². The van der Waals surface area contributed by atoms with E-state index in [9.17, 15) is 9.90 Å². The minimum absolute atomic E-state index is 0.415. The Bertz CT molecular complexity index is 566. The molecular formula is C13H13NO3. The third-order valence-corrected chi connectivity index (χ3v) is 2.69. The van der Waals surface area contributed by atoms with Crippen molar-refractivity contribution < 1.29 is 14.6 Å². The van der Waals surface area contributed by atoms with Crippen molar-refractivity contribution in [2.75, 3.05) is 7.11 Å². The number of nitrogens with two attached hydrogens (primary N) is 1. The van der Waals surface area contributed by atoms with E-state index in [1.54, 1.807) is 6.07 Å². The summed E-state index contributed by atoms with van der Waals surface area (Å²) in [5.74, 6) is -0.338. The van der Waals surface area contributed by atoms with E-state index in [1.165, 1.54) is 7.11 Å². The van der Waals surface area contributed by atoms with Crippen LogP contribution in [0.5, 0.6) is 5.75 Å². The topological polar surface area (TPSA) is 72.6 Å². The minimum Gasteiger partial charge on any atom is -0.496 e. The van der Waals surface area contributed by atoms with Crippen LogP contribution in [0.4, 0.5) is 0 Å². The van der Waals surface area contributed by atoms with Gasteiger partial charge in [0.05, 0.1) is 7.11 Å². The van der Waals surface area contributed by atoms with Gasteiger partial charge in [-0.15, -0.1) is 0 Å². The molecule has 0 saturated carbocycles. The van der Waals surface area contributed by atoms with Crippen LogP contribution in [0.15, 0.2) is 36.4 Å². The summed E-state index contributed by atoms with van der Waals surface area (Å²) in [5.41, 5.74) is 5.55. The van der Waals surface area contributed by atoms with Crippen LogP contribution in [-0.2, 0) is 4.79 Å². The van der Waals surface area contributed by atoms with Gasteiger partial charge in [0.25, 0.3) is 5.91 Å². The van der Waals surface area contributed by atoms with Crippen molar-refractivity contribution in [2.45, 2.75) is 6.10 Å². The number of ether oxygens (including phenoxy) is 1. The first-order valence-electron chi connectivity index (χ1n) is 5.18. The van der Waals surface area contributed by atoms with Crippen LogP contribution < -0.4 is 10.5 Å². The second-order valence-corrected chi connectivity index (χ2v) is 3.71. The van der Waals surface area contributed by atoms with Crippen molar-refractivity contribution in [3.8, 4) is 5.75 Å². The summed E-state index contributed by atoms with van der Waals surface area (Å²) in [6.45, 7) is 0. The first-order chi connectivity index (χ1) is 8.15. The van der Waals surface area contributed by atoms with Gasteiger partial charge < -0.3 is 15.6 Å². The molecule has 3 N–H and O–H groups in total. The van der Waals surface area contributed by atoms with E-state index in [0.29, 0.717) is 11.3 Å². The van der Waals surface area contributed by atoms with Crippen molar-refractivity contribution in [3.63, 3.8) is 0 Å². The van der Waals surface area contributed by atoms with Crippen LogP contribution in [0, 0.1) is 0 Å². The molecule has 1 amide bonds. The number of rotatable bonds is 3. The average molecular weight is 231 g/mol. The predicted molar refractivity (Wildman–Crippen MR) is 64.7 cm³/mol. The highest BCUT2D eigenvalue weighted by molar-refractivity contribution is 5.93. The van der Waals surface area contributed by atoms with E-state index >= 15 is 0 Å². The standard InChI is InChI=1S/C13H13NO3/c1-17-10-7-6-8-4-2-3-5-9(8)11(10)12(15)13(14)16/h2-7,12,15H,1H3,(H2,14,16). The molecule has 2 aromatic carbocycles. The van der Waals surface area contributed by atoms with Gasteiger partial charge in [0, 0.05) is 5.56 Å². The summed E-state index contributed by atoms with van der Waals surface area (Å²) >= 11 is 0. The molecule has 1 atom stereocenters. The number of carbonyl (C=O) groups is 1. The number of fused-ring (bicyclic) bond motifs is 1. The smallest absolute Gasteiger partial charge is 0.251 e. The summed E-state index contributed by atoms with van der Waals surface area (Å²) < 4.78 is 5.16. The highest BCUT2D eigenvalue weighted by atomic mass is 16.5. The van der Waals surface area contributed by atoms with Gasteiger partial charge in [0.15, 0.2) is 6.10 Å². The predicted octanol–water partition coefficient (Wildman–Crippen LogP) is 1.37. The fraction of sp³-hybridized carbons (Fsp3) is 0.154. The molecule has 0 bridgehead atoms. The summed E-state index contributed by atoms with van der Waals surface area (Å²) in [6, 6.07) is 11.0. The van der Waals surface area contributed by atoms with Crippen molar-refractivity contribution in [2.24, 2.45) is 5.73 Å². The SMILES string of the molecule is COc1ccc2ccccc2c1C(O)C(N)=O. The van der Waals surface area contributed by atoms with Gasteiger partial charge in [-0.2, -0.15) is 0 Å². The first-order valence-corrected chi connectivity index (χ1v) is 5.18. The van der Waals surface area contributed by atoms with Gasteiger partial charge in [-0.25, -0.2) is 0 Å². The Balaban J connectivity index is 2.75. The first kappa shape index (κ1) is 11.4. The Morgan fingerprint density at radius 1 is 1.29 bits per heavy atom. The lowest BCUT2D eigenvalue weighted by atomic mass is 9.99. The maximum atomic E-state index is 11.1. The zero-order valence-electron chi connectivity index (χ0n) is 9.38. The molecule has 0 saturated heterocycles. The summed E-state index contributed by atoms with van der Waals surface area (Å²) in [6.07, 6.45) is -1.36. The Kier molecular flexibility index (Phi) is 2.97. The second-order valence-electron chi connectivity index (χ2n) is 3.71. The number of aliphatic hydroxyl groups is 1. The highest BCUT2D eigenvalue weighted by Gasteiger charge is 2.21. The lowest BCUT2D eigenvalue weighted by Gasteiger charge is -2.15. The summed E-state index contributed by atoms with van der Waals surface area (Å²) in [4.78, 5) is 11.1. The molecule has 0 aliphatic heterocycles. The zero-order chi connectivity index (χ0) is 12.4. The number of benzene rings is 2. The lowest BCUT2D eigenvalue weighted by Crippen LogP contribution is -2.21. The van der Waals surface area contributed by atoms with Gasteiger partial charge >= 0.3 is 0 Å². The van der Waals surface area contributed by atoms with Crippen LogP contribution >= 0.6 is 0 Å². The van der Waals surface area contributed by atoms with Crippen LogP contribution in [0.25, 0.3) is 10.8 Å². The molecule has 0 aliphatic carbocycles. The minimum atomic E-state index is -1.36. The third-order valence-electron chi connectivity index (χ3n) is 2.69. The van der Waals surface area contributed by atoms with E-state index in [0.717, 1.165) is 10.8 Å². The monoisotopic (exact) mass is 231 g/mol. The molecule has 2 aromatic rings. The third kappa shape index (κ3) is 1.94. The second kappa shape index (κ2) is 4.43. The lowest BCUT2D eigenvalue weighted by molar-refractivity contribution is -0.126.